The number of benzene rings is 2. The van der Waals surface area contributed by atoms with Crippen LogP contribution in [0.5, 0.6) is 0 Å². The van der Waals surface area contributed by atoms with Gasteiger partial charge in [-0.2, -0.15) is 0 Å². The summed E-state index contributed by atoms with van der Waals surface area (Å²) in [7, 11) is 0. The van der Waals surface area contributed by atoms with Crippen molar-refractivity contribution in [1.29, 1.82) is 0 Å². The van der Waals surface area contributed by atoms with Gasteiger partial charge in [0.15, 0.2) is 11.2 Å². The van der Waals surface area contributed by atoms with Gasteiger partial charge in [-0.3, -0.25) is 9.78 Å². The van der Waals surface area contributed by atoms with Crippen molar-refractivity contribution in [3.05, 3.63) is 89.5 Å². The molecule has 0 radical (unpaired) electrons. The maximum Gasteiger partial charge on any atom is 0.209 e. The number of aromatic nitrogens is 4. The fraction of sp³-hybridized carbons (Fsp3) is 0. The molecule has 3 heterocycles. The van der Waals surface area contributed by atoms with Crippen LogP contribution >= 0.6 is 0 Å². The van der Waals surface area contributed by atoms with Crippen LogP contribution in [-0.2, 0) is 0 Å². The van der Waals surface area contributed by atoms with Crippen molar-refractivity contribution < 1.29 is 0 Å². The zero-order chi connectivity index (χ0) is 18.2. The molecule has 2 aromatic carbocycles. The average molecular weight is 350 g/mol. The molecule has 0 atom stereocenters. The lowest BCUT2D eigenvalue weighted by Crippen LogP contribution is -2.06. The summed E-state index contributed by atoms with van der Waals surface area (Å²) in [5, 5.41) is 2.11. The van der Waals surface area contributed by atoms with Gasteiger partial charge in [0.25, 0.3) is 0 Å². The van der Waals surface area contributed by atoms with E-state index in [1.807, 2.05) is 54.7 Å². The number of nitrogens with one attached hydrogen (secondary N) is 1. The second kappa shape index (κ2) is 6.14. The number of rotatable bonds is 2. The lowest BCUT2D eigenvalue weighted by Gasteiger charge is -2.11. The van der Waals surface area contributed by atoms with E-state index < -0.39 is 0 Å². The summed E-state index contributed by atoms with van der Waals surface area (Å²) in [5.74, 6) is 0. The molecule has 128 valence electrons. The molecule has 3 aromatic heterocycles. The van der Waals surface area contributed by atoms with E-state index in [0.717, 1.165) is 27.6 Å². The summed E-state index contributed by atoms with van der Waals surface area (Å²) in [4.78, 5) is 28.9. The molecule has 5 aromatic rings. The summed E-state index contributed by atoms with van der Waals surface area (Å²) >= 11 is 0. The topological polar surface area (TPSA) is 71.5 Å². The van der Waals surface area contributed by atoms with E-state index >= 15 is 0 Å². The summed E-state index contributed by atoms with van der Waals surface area (Å²) in [5.41, 5.74) is 3.94. The van der Waals surface area contributed by atoms with Crippen LogP contribution < -0.4 is 5.43 Å². The van der Waals surface area contributed by atoms with Gasteiger partial charge in [-0.15, -0.1) is 0 Å². The van der Waals surface area contributed by atoms with Crippen LogP contribution in [0.3, 0.4) is 0 Å². The Balaban J connectivity index is 1.85. The predicted molar refractivity (Wildman–Crippen MR) is 106 cm³/mol. The van der Waals surface area contributed by atoms with Gasteiger partial charge in [0.2, 0.25) is 5.43 Å². The number of H-pyrrole nitrogens is 1. The van der Waals surface area contributed by atoms with Gasteiger partial charge in [0.1, 0.15) is 0 Å². The minimum absolute atomic E-state index is 0.151. The molecule has 27 heavy (non-hydrogen) atoms. The highest BCUT2D eigenvalue weighted by Crippen LogP contribution is 2.31. The van der Waals surface area contributed by atoms with Crippen LogP contribution in [0, 0.1) is 0 Å². The van der Waals surface area contributed by atoms with Crippen LogP contribution in [0.25, 0.3) is 44.5 Å². The van der Waals surface area contributed by atoms with Crippen molar-refractivity contribution in [2.24, 2.45) is 0 Å². The quantitative estimate of drug-likeness (QED) is 0.518. The van der Waals surface area contributed by atoms with Crippen molar-refractivity contribution in [2.45, 2.75) is 0 Å². The first-order valence-electron chi connectivity index (χ1n) is 8.59. The third kappa shape index (κ3) is 2.66. The number of nitrogens with zero attached hydrogens (tertiary/aromatic N) is 3. The summed E-state index contributed by atoms with van der Waals surface area (Å²) in [6, 6.07) is 19.3. The Morgan fingerprint density at radius 1 is 0.778 bits per heavy atom. The highest BCUT2D eigenvalue weighted by Gasteiger charge is 2.15. The Labute approximate surface area is 154 Å². The molecule has 0 saturated carbocycles. The maximum atomic E-state index is 12.3. The molecule has 0 saturated heterocycles. The smallest absolute Gasteiger partial charge is 0.209 e. The molecule has 1 N–H and O–H groups in total. The van der Waals surface area contributed by atoms with Gasteiger partial charge in [-0.25, -0.2) is 9.97 Å². The molecule has 0 bridgehead atoms. The van der Waals surface area contributed by atoms with Crippen molar-refractivity contribution in [3.8, 4) is 22.5 Å². The van der Waals surface area contributed by atoms with Crippen molar-refractivity contribution in [1.82, 2.24) is 19.9 Å². The molecule has 0 amide bonds. The molecule has 5 rings (SSSR count). The molecule has 0 aliphatic rings. The molecular formula is C22H14N4O. The Morgan fingerprint density at radius 2 is 1.63 bits per heavy atom. The lowest BCUT2D eigenvalue weighted by molar-refractivity contribution is 1.22. The molecule has 0 aliphatic carbocycles. The minimum atomic E-state index is -0.151. The SMILES string of the molecule is O=c1cc[nH]c2nc(-c3ccccc3)c(-c3ccc4cnccc4c3)nc12. The van der Waals surface area contributed by atoms with E-state index in [0.29, 0.717) is 16.9 Å². The highest BCUT2D eigenvalue weighted by atomic mass is 16.1. The predicted octanol–water partition coefficient (Wildman–Crippen LogP) is 4.20. The van der Waals surface area contributed by atoms with Crippen molar-refractivity contribution in [3.63, 3.8) is 0 Å². The Morgan fingerprint density at radius 3 is 2.52 bits per heavy atom. The maximum absolute atomic E-state index is 12.3. The molecule has 5 nitrogen and oxygen atoms in total. The molecule has 0 spiro atoms. The second-order valence-electron chi connectivity index (χ2n) is 6.26. The number of hydrogen-bond acceptors (Lipinski definition) is 4. The third-order valence-corrected chi connectivity index (χ3v) is 4.55. The monoisotopic (exact) mass is 350 g/mol. The zero-order valence-corrected chi connectivity index (χ0v) is 14.3. The normalized spacial score (nSPS) is 11.1. The van der Waals surface area contributed by atoms with Crippen LogP contribution in [-0.4, -0.2) is 19.9 Å². The standard InChI is InChI=1S/C22H14N4O/c27-18-9-11-24-22-21(18)25-20(19(26-22)14-4-2-1-3-5-14)16-6-7-17-13-23-10-8-15(17)12-16/h1-13H,(H,24,26,27). The molecule has 0 fully saturated rings. The van der Waals surface area contributed by atoms with Gasteiger partial charge in [0, 0.05) is 41.2 Å². The van der Waals surface area contributed by atoms with Gasteiger partial charge in [-0.05, 0) is 17.5 Å². The van der Waals surface area contributed by atoms with Crippen LogP contribution in [0.1, 0.15) is 0 Å². The first-order valence-corrected chi connectivity index (χ1v) is 8.59. The lowest BCUT2D eigenvalue weighted by atomic mass is 10.0. The zero-order valence-electron chi connectivity index (χ0n) is 14.3. The van der Waals surface area contributed by atoms with E-state index in [1.54, 1.807) is 12.4 Å². The molecular weight excluding hydrogens is 336 g/mol. The number of aromatic amines is 1. The summed E-state index contributed by atoms with van der Waals surface area (Å²) in [6.45, 7) is 0. The van der Waals surface area contributed by atoms with Gasteiger partial charge < -0.3 is 4.98 Å². The van der Waals surface area contributed by atoms with Crippen LogP contribution in [0.2, 0.25) is 0 Å². The van der Waals surface area contributed by atoms with E-state index in [-0.39, 0.29) is 5.43 Å². The van der Waals surface area contributed by atoms with Gasteiger partial charge >= 0.3 is 0 Å². The Kier molecular flexibility index (Phi) is 3.50. The van der Waals surface area contributed by atoms with Gasteiger partial charge in [-0.1, -0.05) is 42.5 Å². The second-order valence-corrected chi connectivity index (χ2v) is 6.26. The fourth-order valence-electron chi connectivity index (χ4n) is 3.21. The summed E-state index contributed by atoms with van der Waals surface area (Å²) in [6.07, 6.45) is 5.19. The molecule has 0 unspecified atom stereocenters. The molecule has 0 aliphatic heterocycles. The van der Waals surface area contributed by atoms with Crippen LogP contribution in [0.4, 0.5) is 0 Å². The highest BCUT2D eigenvalue weighted by molar-refractivity contribution is 5.90. The van der Waals surface area contributed by atoms with Crippen LogP contribution in [0.15, 0.2) is 84.0 Å². The van der Waals surface area contributed by atoms with Gasteiger partial charge in [0.05, 0.1) is 11.4 Å². The summed E-state index contributed by atoms with van der Waals surface area (Å²) < 4.78 is 0. The first-order chi connectivity index (χ1) is 13.3. The van der Waals surface area contributed by atoms with E-state index in [2.05, 4.69) is 16.0 Å². The van der Waals surface area contributed by atoms with Crippen molar-refractivity contribution in [2.75, 3.05) is 0 Å². The third-order valence-electron chi connectivity index (χ3n) is 4.55. The minimum Gasteiger partial charge on any atom is -0.345 e. The number of pyridine rings is 2. The van der Waals surface area contributed by atoms with E-state index in [1.165, 1.54) is 6.07 Å². The van der Waals surface area contributed by atoms with E-state index in [4.69, 9.17) is 9.97 Å². The fourth-order valence-corrected chi connectivity index (χ4v) is 3.21. The largest absolute Gasteiger partial charge is 0.345 e. The first kappa shape index (κ1) is 15.4. The van der Waals surface area contributed by atoms with Crippen molar-refractivity contribution >= 4 is 21.9 Å². The number of hydrogen-bond donors (Lipinski definition) is 1. The molecule has 5 heteroatoms. The van der Waals surface area contributed by atoms with E-state index in [9.17, 15) is 4.79 Å². The average Bonchev–Trinajstić information content (AvgIpc) is 2.73. The number of fused-ring (bicyclic) bond motifs is 2. The Hall–Kier alpha value is -3.86. The Bertz CT molecular complexity index is 1340.